The zero-order chi connectivity index (χ0) is 17.5. The van der Waals surface area contributed by atoms with E-state index in [2.05, 4.69) is 30.3 Å². The molecule has 0 amide bonds. The van der Waals surface area contributed by atoms with E-state index in [-0.39, 0.29) is 0 Å². The lowest BCUT2D eigenvalue weighted by molar-refractivity contribution is 0.457. The molecule has 0 aliphatic carbocycles. The fourth-order valence-corrected chi connectivity index (χ4v) is 3.54. The number of benzene rings is 4. The Balaban J connectivity index is 1.83. The first-order chi connectivity index (χ1) is 12.8. The van der Waals surface area contributed by atoms with Crippen LogP contribution in [0.25, 0.3) is 43.8 Å². The summed E-state index contributed by atoms with van der Waals surface area (Å²) in [6.45, 7) is 0. The number of para-hydroxylation sites is 1. The highest BCUT2D eigenvalue weighted by Gasteiger charge is 2.17. The second-order valence-electron chi connectivity index (χ2n) is 6.20. The largest absolute Gasteiger partial charge is 0.569 e. The molecule has 26 heavy (non-hydrogen) atoms. The fraction of sp³-hybridized carbons (Fsp3) is 0. The molecule has 0 atom stereocenters. The van der Waals surface area contributed by atoms with Crippen molar-refractivity contribution in [1.82, 2.24) is 0 Å². The lowest BCUT2D eigenvalue weighted by atomic mass is 9.98. The van der Waals surface area contributed by atoms with Gasteiger partial charge in [0.15, 0.2) is 0 Å². The maximum atomic E-state index is 9.12. The Labute approximate surface area is 150 Å². The van der Waals surface area contributed by atoms with Crippen molar-refractivity contribution in [3.63, 3.8) is 0 Å². The zero-order valence-electron chi connectivity index (χ0n) is 13.8. The summed E-state index contributed by atoms with van der Waals surface area (Å²) in [6.07, 6.45) is 0. The second-order valence-corrected chi connectivity index (χ2v) is 6.20. The molecule has 123 valence electrons. The van der Waals surface area contributed by atoms with Crippen LogP contribution in [0.15, 0.2) is 83.3 Å². The van der Waals surface area contributed by atoms with Gasteiger partial charge < -0.3 is 14.1 Å². The molecule has 0 saturated carbocycles. The molecule has 0 bridgehead atoms. The van der Waals surface area contributed by atoms with E-state index in [0.717, 1.165) is 33.1 Å². The van der Waals surface area contributed by atoms with Gasteiger partial charge in [-0.05, 0) is 40.6 Å². The van der Waals surface area contributed by atoms with Crippen molar-refractivity contribution in [2.24, 2.45) is 0 Å². The molecular weight excluding hydrogens is 323 g/mol. The molecule has 1 radical (unpaired) electrons. The van der Waals surface area contributed by atoms with Crippen LogP contribution in [0.4, 0.5) is 0 Å². The minimum atomic E-state index is 0.567. The van der Waals surface area contributed by atoms with Crippen molar-refractivity contribution < 1.29 is 14.1 Å². The van der Waals surface area contributed by atoms with Crippen LogP contribution in [0, 0.1) is 0 Å². The minimum absolute atomic E-state index is 0.567. The summed E-state index contributed by atoms with van der Waals surface area (Å²) >= 11 is 0. The Morgan fingerprint density at radius 3 is 2.50 bits per heavy atom. The molecule has 1 N–H and O–H groups in total. The maximum Gasteiger partial charge on any atom is 0.569 e. The number of hydrogen-bond acceptors (Lipinski definition) is 3. The lowest BCUT2D eigenvalue weighted by Crippen LogP contribution is -2.00. The van der Waals surface area contributed by atoms with Crippen LogP contribution in [0.5, 0.6) is 5.75 Å². The number of rotatable bonds is 3. The van der Waals surface area contributed by atoms with Gasteiger partial charge in [-0.2, -0.15) is 0 Å². The average molecular weight is 337 g/mol. The molecule has 0 aliphatic rings. The molecular formula is C22H14BO3. The minimum Gasteiger partial charge on any atom is -0.537 e. The Hall–Kier alpha value is -3.24. The normalized spacial score (nSPS) is 11.3. The highest BCUT2D eigenvalue weighted by molar-refractivity contribution is 6.20. The fourth-order valence-electron chi connectivity index (χ4n) is 3.54. The predicted molar refractivity (Wildman–Crippen MR) is 105 cm³/mol. The van der Waals surface area contributed by atoms with Gasteiger partial charge in [-0.15, -0.1) is 0 Å². The van der Waals surface area contributed by atoms with Crippen LogP contribution >= 0.6 is 0 Å². The van der Waals surface area contributed by atoms with Gasteiger partial charge in [-0.1, -0.05) is 54.6 Å². The summed E-state index contributed by atoms with van der Waals surface area (Å²) < 4.78 is 11.5. The summed E-state index contributed by atoms with van der Waals surface area (Å²) in [7, 11) is 0.701. The first kappa shape index (κ1) is 15.1. The van der Waals surface area contributed by atoms with E-state index < -0.39 is 0 Å². The van der Waals surface area contributed by atoms with E-state index in [1.165, 1.54) is 10.8 Å². The molecule has 0 spiro atoms. The van der Waals surface area contributed by atoms with Gasteiger partial charge in [-0.25, -0.2) is 0 Å². The topological polar surface area (TPSA) is 42.6 Å². The molecule has 4 heteroatoms. The smallest absolute Gasteiger partial charge is 0.537 e. The van der Waals surface area contributed by atoms with E-state index in [0.29, 0.717) is 13.4 Å². The second kappa shape index (κ2) is 5.93. The van der Waals surface area contributed by atoms with Crippen molar-refractivity contribution in [2.75, 3.05) is 0 Å². The third kappa shape index (κ3) is 2.27. The third-order valence-corrected chi connectivity index (χ3v) is 4.73. The molecule has 0 fully saturated rings. The molecule has 4 aromatic carbocycles. The highest BCUT2D eigenvalue weighted by atomic mass is 16.5. The van der Waals surface area contributed by atoms with Crippen molar-refractivity contribution in [2.45, 2.75) is 0 Å². The van der Waals surface area contributed by atoms with E-state index >= 15 is 0 Å². The van der Waals surface area contributed by atoms with Gasteiger partial charge in [0.2, 0.25) is 0 Å². The van der Waals surface area contributed by atoms with Crippen LogP contribution in [0.2, 0.25) is 0 Å². The van der Waals surface area contributed by atoms with Gasteiger partial charge in [0.1, 0.15) is 16.9 Å². The summed E-state index contributed by atoms with van der Waals surface area (Å²) in [4.78, 5) is 0. The predicted octanol–water partition coefficient (Wildman–Crippen LogP) is 5.31. The Kier molecular flexibility index (Phi) is 3.44. The quantitative estimate of drug-likeness (QED) is 0.454. The number of fused-ring (bicyclic) bond motifs is 4. The van der Waals surface area contributed by atoms with Crippen molar-refractivity contribution in [1.29, 1.82) is 0 Å². The van der Waals surface area contributed by atoms with Crippen molar-refractivity contribution in [3.05, 3.63) is 78.9 Å². The van der Waals surface area contributed by atoms with E-state index in [9.17, 15) is 0 Å². The number of furan rings is 1. The first-order valence-electron chi connectivity index (χ1n) is 8.41. The van der Waals surface area contributed by atoms with E-state index in [1.807, 2.05) is 48.5 Å². The van der Waals surface area contributed by atoms with Crippen molar-refractivity contribution in [3.8, 4) is 16.9 Å². The lowest BCUT2D eigenvalue weighted by Gasteiger charge is -2.08. The molecule has 5 rings (SSSR count). The van der Waals surface area contributed by atoms with Crippen molar-refractivity contribution >= 4 is 40.4 Å². The molecule has 3 nitrogen and oxygen atoms in total. The SMILES string of the molecule is O[B]Oc1ccc(-c2ccc3ccccc3c2)c2oc3ccccc3c12. The molecule has 0 saturated heterocycles. The third-order valence-electron chi connectivity index (χ3n) is 4.73. The van der Waals surface area contributed by atoms with Crippen LogP contribution in [0.3, 0.4) is 0 Å². The van der Waals surface area contributed by atoms with Gasteiger partial charge in [-0.3, -0.25) is 0 Å². The summed E-state index contributed by atoms with van der Waals surface area (Å²) in [5.74, 6) is 0.567. The number of hydrogen-bond donors (Lipinski definition) is 1. The summed E-state index contributed by atoms with van der Waals surface area (Å²) in [5, 5.41) is 13.3. The Bertz CT molecular complexity index is 1260. The van der Waals surface area contributed by atoms with Gasteiger partial charge in [0.05, 0.1) is 5.39 Å². The molecule has 1 heterocycles. The first-order valence-corrected chi connectivity index (χ1v) is 8.41. The molecule has 0 aliphatic heterocycles. The summed E-state index contributed by atoms with van der Waals surface area (Å²) in [5.41, 5.74) is 3.61. The standard InChI is InChI=1S/C22H14BO3/c24-23-26-20-12-11-17(16-10-9-14-5-1-2-6-15(14)13-16)22-21(20)18-7-3-4-8-19(18)25-22/h1-13,24H. The van der Waals surface area contributed by atoms with Gasteiger partial charge in [0, 0.05) is 10.9 Å². The van der Waals surface area contributed by atoms with Gasteiger partial charge >= 0.3 is 7.69 Å². The average Bonchev–Trinajstić information content (AvgIpc) is 3.08. The van der Waals surface area contributed by atoms with Crippen LogP contribution in [-0.2, 0) is 0 Å². The van der Waals surface area contributed by atoms with Crippen LogP contribution < -0.4 is 4.65 Å². The van der Waals surface area contributed by atoms with Crippen LogP contribution in [0.1, 0.15) is 0 Å². The molecule has 5 aromatic rings. The molecule has 0 unspecified atom stereocenters. The maximum absolute atomic E-state index is 9.12. The van der Waals surface area contributed by atoms with E-state index in [1.54, 1.807) is 0 Å². The summed E-state index contributed by atoms with van der Waals surface area (Å²) in [6, 6.07) is 26.3. The van der Waals surface area contributed by atoms with Gasteiger partial charge in [0.25, 0.3) is 0 Å². The Morgan fingerprint density at radius 2 is 1.62 bits per heavy atom. The highest BCUT2D eigenvalue weighted by Crippen LogP contribution is 2.41. The zero-order valence-corrected chi connectivity index (χ0v) is 13.8. The Morgan fingerprint density at radius 1 is 0.808 bits per heavy atom. The van der Waals surface area contributed by atoms with E-state index in [4.69, 9.17) is 14.1 Å². The van der Waals surface area contributed by atoms with Crippen LogP contribution in [-0.4, -0.2) is 12.7 Å². The molecule has 1 aromatic heterocycles. The monoisotopic (exact) mass is 337 g/mol.